The molecular formula is C26H35N3O2. The zero-order valence-electron chi connectivity index (χ0n) is 18.8. The van der Waals surface area contributed by atoms with Gasteiger partial charge in [-0.15, -0.1) is 6.58 Å². The Labute approximate surface area is 185 Å². The summed E-state index contributed by atoms with van der Waals surface area (Å²) in [4.78, 5) is 17.8. The summed E-state index contributed by atoms with van der Waals surface area (Å²) < 4.78 is 8.00. The van der Waals surface area contributed by atoms with Gasteiger partial charge in [0.2, 0.25) is 0 Å². The van der Waals surface area contributed by atoms with Crippen LogP contribution in [0.1, 0.15) is 47.8 Å². The van der Waals surface area contributed by atoms with Crippen LogP contribution in [0.5, 0.6) is 0 Å². The summed E-state index contributed by atoms with van der Waals surface area (Å²) in [7, 11) is 0. The molecule has 31 heavy (non-hydrogen) atoms. The van der Waals surface area contributed by atoms with E-state index in [0.29, 0.717) is 5.92 Å². The number of hydrogen-bond donors (Lipinski definition) is 0. The molecule has 3 aliphatic heterocycles. The lowest BCUT2D eigenvalue weighted by molar-refractivity contribution is 0.0697. The molecule has 2 fully saturated rings. The largest absolute Gasteiger partial charge is 0.381 e. The summed E-state index contributed by atoms with van der Waals surface area (Å²) in [5.74, 6) is 1.57. The summed E-state index contributed by atoms with van der Waals surface area (Å²) in [5, 5.41) is 1.25. The predicted molar refractivity (Wildman–Crippen MR) is 124 cm³/mol. The van der Waals surface area contributed by atoms with Gasteiger partial charge in [0.25, 0.3) is 5.91 Å². The molecule has 5 heteroatoms. The first kappa shape index (κ1) is 20.8. The minimum atomic E-state index is 0.190. The third kappa shape index (κ3) is 4.06. The van der Waals surface area contributed by atoms with Crippen LogP contribution in [0.2, 0.25) is 0 Å². The second-order valence-corrected chi connectivity index (χ2v) is 9.75. The monoisotopic (exact) mass is 421 g/mol. The first-order valence-corrected chi connectivity index (χ1v) is 12.0. The highest BCUT2D eigenvalue weighted by Crippen LogP contribution is 2.33. The average molecular weight is 422 g/mol. The van der Waals surface area contributed by atoms with Crippen molar-refractivity contribution in [1.29, 1.82) is 0 Å². The van der Waals surface area contributed by atoms with Gasteiger partial charge in [-0.3, -0.25) is 9.69 Å². The van der Waals surface area contributed by atoms with Crippen molar-refractivity contribution in [3.05, 3.63) is 47.7 Å². The van der Waals surface area contributed by atoms with E-state index in [-0.39, 0.29) is 5.91 Å². The fourth-order valence-electron chi connectivity index (χ4n) is 5.62. The van der Waals surface area contributed by atoms with E-state index in [1.807, 2.05) is 17.0 Å². The van der Waals surface area contributed by atoms with E-state index in [2.05, 4.69) is 35.1 Å². The number of amides is 1. The highest BCUT2D eigenvalue weighted by Gasteiger charge is 2.28. The predicted octanol–water partition coefficient (Wildman–Crippen LogP) is 4.09. The molecule has 5 nitrogen and oxygen atoms in total. The van der Waals surface area contributed by atoms with Crippen molar-refractivity contribution in [1.82, 2.24) is 14.4 Å². The van der Waals surface area contributed by atoms with Gasteiger partial charge >= 0.3 is 0 Å². The van der Waals surface area contributed by atoms with Gasteiger partial charge in [0.15, 0.2) is 0 Å². The lowest BCUT2D eigenvalue weighted by Gasteiger charge is -2.30. The van der Waals surface area contributed by atoms with Crippen LogP contribution in [-0.2, 0) is 24.2 Å². The van der Waals surface area contributed by atoms with Crippen molar-refractivity contribution in [2.24, 2.45) is 11.8 Å². The standard InChI is InChI=1S/C26H35N3O2/c1-3-10-29-24-5-4-21(26(30)28-12-6-19(2)7-13-28)15-22(24)23-17-27(11-8-25(23)29)16-20-9-14-31-18-20/h3-5,15,19-20H,1,6-14,16-18H2,2H3. The van der Waals surface area contributed by atoms with Crippen LogP contribution in [0, 0.1) is 11.8 Å². The van der Waals surface area contributed by atoms with Crippen molar-refractivity contribution in [2.75, 3.05) is 39.4 Å². The van der Waals surface area contributed by atoms with Crippen LogP contribution in [-0.4, -0.2) is 59.7 Å². The van der Waals surface area contributed by atoms with E-state index < -0.39 is 0 Å². The average Bonchev–Trinajstić information content (AvgIpc) is 3.40. The molecule has 0 aliphatic carbocycles. The van der Waals surface area contributed by atoms with E-state index in [1.54, 1.807) is 0 Å². The van der Waals surface area contributed by atoms with E-state index in [1.165, 1.54) is 28.6 Å². The molecule has 0 bridgehead atoms. The van der Waals surface area contributed by atoms with Gasteiger partial charge in [0.1, 0.15) is 0 Å². The van der Waals surface area contributed by atoms with Crippen LogP contribution in [0.15, 0.2) is 30.9 Å². The van der Waals surface area contributed by atoms with E-state index in [0.717, 1.165) is 83.2 Å². The highest BCUT2D eigenvalue weighted by atomic mass is 16.5. The number of likely N-dealkylation sites (tertiary alicyclic amines) is 1. The summed E-state index contributed by atoms with van der Waals surface area (Å²) in [5.41, 5.74) is 4.90. The van der Waals surface area contributed by atoms with Crippen molar-refractivity contribution in [3.63, 3.8) is 0 Å². The number of hydrogen-bond acceptors (Lipinski definition) is 3. The maximum atomic E-state index is 13.2. The Morgan fingerprint density at radius 3 is 2.81 bits per heavy atom. The molecule has 1 aromatic carbocycles. The molecule has 4 heterocycles. The number of benzene rings is 1. The lowest BCUT2D eigenvalue weighted by atomic mass is 9.98. The number of carbonyl (C=O) groups is 1. The number of nitrogens with zero attached hydrogens (tertiary/aromatic N) is 3. The first-order valence-electron chi connectivity index (χ1n) is 12.0. The molecule has 0 radical (unpaired) electrons. The molecule has 1 aromatic heterocycles. The molecule has 166 valence electrons. The highest BCUT2D eigenvalue weighted by molar-refractivity contribution is 5.99. The molecule has 0 saturated carbocycles. The number of rotatable bonds is 5. The Hall–Kier alpha value is -2.11. The Kier molecular flexibility index (Phi) is 5.89. The summed E-state index contributed by atoms with van der Waals surface area (Å²) in [6.45, 7) is 13.8. The molecule has 5 rings (SSSR count). The van der Waals surface area contributed by atoms with Crippen LogP contribution < -0.4 is 0 Å². The quantitative estimate of drug-likeness (QED) is 0.683. The lowest BCUT2D eigenvalue weighted by Crippen LogP contribution is -2.37. The molecule has 1 unspecified atom stereocenters. The van der Waals surface area contributed by atoms with E-state index >= 15 is 0 Å². The topological polar surface area (TPSA) is 37.7 Å². The maximum Gasteiger partial charge on any atom is 0.253 e. The minimum absolute atomic E-state index is 0.190. The third-order valence-electron chi connectivity index (χ3n) is 7.50. The van der Waals surface area contributed by atoms with Gasteiger partial charge in [0, 0.05) is 74.5 Å². The molecular weight excluding hydrogens is 386 g/mol. The van der Waals surface area contributed by atoms with Gasteiger partial charge in [-0.25, -0.2) is 0 Å². The second-order valence-electron chi connectivity index (χ2n) is 9.75. The van der Waals surface area contributed by atoms with Gasteiger partial charge in [-0.2, -0.15) is 0 Å². The van der Waals surface area contributed by atoms with Crippen molar-refractivity contribution in [3.8, 4) is 0 Å². The molecule has 1 atom stereocenters. The van der Waals surface area contributed by atoms with Gasteiger partial charge in [-0.05, 0) is 54.9 Å². The summed E-state index contributed by atoms with van der Waals surface area (Å²) in [6.07, 6.45) is 6.43. The Morgan fingerprint density at radius 1 is 1.23 bits per heavy atom. The Bertz CT molecular complexity index is 965. The minimum Gasteiger partial charge on any atom is -0.381 e. The molecule has 3 aliphatic rings. The van der Waals surface area contributed by atoms with Gasteiger partial charge in [-0.1, -0.05) is 13.0 Å². The van der Waals surface area contributed by atoms with Gasteiger partial charge < -0.3 is 14.2 Å². The number of ether oxygens (including phenoxy) is 1. The molecule has 2 aromatic rings. The number of fused-ring (bicyclic) bond motifs is 3. The van der Waals surface area contributed by atoms with Crippen LogP contribution >= 0.6 is 0 Å². The third-order valence-corrected chi connectivity index (χ3v) is 7.50. The fraction of sp³-hybridized carbons (Fsp3) is 0.577. The van der Waals surface area contributed by atoms with Crippen LogP contribution in [0.4, 0.5) is 0 Å². The van der Waals surface area contributed by atoms with Crippen LogP contribution in [0.3, 0.4) is 0 Å². The Balaban J connectivity index is 1.45. The zero-order valence-corrected chi connectivity index (χ0v) is 18.8. The maximum absolute atomic E-state index is 13.2. The zero-order chi connectivity index (χ0) is 21.4. The SMILES string of the molecule is C=CCn1c2c(c3cc(C(=O)N4CCC(C)CC4)ccc31)CN(CC1CCOC1)CC2. The van der Waals surface area contributed by atoms with Crippen molar-refractivity contribution in [2.45, 2.75) is 45.7 Å². The smallest absolute Gasteiger partial charge is 0.253 e. The first-order chi connectivity index (χ1) is 15.1. The van der Waals surface area contributed by atoms with Gasteiger partial charge in [0.05, 0.1) is 6.61 Å². The number of carbonyl (C=O) groups excluding carboxylic acids is 1. The second kappa shape index (κ2) is 8.79. The van der Waals surface area contributed by atoms with E-state index in [9.17, 15) is 4.79 Å². The molecule has 1 amide bonds. The Morgan fingerprint density at radius 2 is 2.06 bits per heavy atom. The summed E-state index contributed by atoms with van der Waals surface area (Å²) in [6, 6.07) is 6.35. The normalized spacial score (nSPS) is 22.7. The fourth-order valence-corrected chi connectivity index (χ4v) is 5.62. The van der Waals surface area contributed by atoms with Crippen molar-refractivity contribution < 1.29 is 9.53 Å². The summed E-state index contributed by atoms with van der Waals surface area (Å²) >= 11 is 0. The number of allylic oxidation sites excluding steroid dienone is 1. The molecule has 0 N–H and O–H groups in total. The van der Waals surface area contributed by atoms with Crippen LogP contribution in [0.25, 0.3) is 10.9 Å². The number of piperidine rings is 1. The molecule has 2 saturated heterocycles. The van der Waals surface area contributed by atoms with Crippen molar-refractivity contribution >= 4 is 16.8 Å². The number of aromatic nitrogens is 1. The van der Waals surface area contributed by atoms with E-state index in [4.69, 9.17) is 4.74 Å². The molecule has 0 spiro atoms.